The van der Waals surface area contributed by atoms with E-state index < -0.39 is 0 Å². The van der Waals surface area contributed by atoms with Gasteiger partial charge < -0.3 is 15.2 Å². The topological polar surface area (TPSA) is 44.7 Å². The molecule has 1 aliphatic rings. The van der Waals surface area contributed by atoms with Crippen LogP contribution < -0.4 is 10.1 Å². The van der Waals surface area contributed by atoms with E-state index in [4.69, 9.17) is 4.74 Å². The molecule has 0 radical (unpaired) electrons. The summed E-state index contributed by atoms with van der Waals surface area (Å²) in [6.07, 6.45) is 2.22. The molecule has 0 unspecified atom stereocenters. The van der Waals surface area contributed by atoms with Gasteiger partial charge in [0.05, 0.1) is 0 Å². The van der Waals surface area contributed by atoms with Crippen LogP contribution in [0.3, 0.4) is 0 Å². The third kappa shape index (κ3) is 7.71. The minimum atomic E-state index is 0. The highest BCUT2D eigenvalue weighted by Gasteiger charge is 2.24. The van der Waals surface area contributed by atoms with Crippen molar-refractivity contribution in [3.05, 3.63) is 59.7 Å². The fourth-order valence-corrected chi connectivity index (χ4v) is 3.66. The third-order valence-corrected chi connectivity index (χ3v) is 5.22. The van der Waals surface area contributed by atoms with Gasteiger partial charge in [-0.15, -0.1) is 24.8 Å². The number of hydrogen-bond acceptors (Lipinski definition) is 4. The van der Waals surface area contributed by atoms with Crippen molar-refractivity contribution in [2.75, 3.05) is 26.2 Å². The molecule has 4 nitrogen and oxygen atoms in total. The summed E-state index contributed by atoms with van der Waals surface area (Å²) < 4.78 is 5.87. The second-order valence-corrected chi connectivity index (χ2v) is 7.77. The van der Waals surface area contributed by atoms with E-state index >= 15 is 0 Å². The molecule has 1 saturated heterocycles. The highest BCUT2D eigenvalue weighted by atomic mass is 35.5. The van der Waals surface area contributed by atoms with E-state index in [-0.39, 0.29) is 30.9 Å². The molecule has 1 atom stereocenters. The molecule has 162 valence electrons. The van der Waals surface area contributed by atoms with Crippen LogP contribution in [0.1, 0.15) is 43.9 Å². The lowest BCUT2D eigenvalue weighted by atomic mass is 9.95. The maximum absolute atomic E-state index is 10.7. The van der Waals surface area contributed by atoms with Crippen LogP contribution >= 0.6 is 24.8 Å². The van der Waals surface area contributed by atoms with Crippen molar-refractivity contribution in [3.8, 4) is 11.5 Å². The second kappa shape index (κ2) is 13.0. The number of nitrogens with zero attached hydrogens (tertiary/aromatic N) is 1. The number of aromatic hydroxyl groups is 1. The molecule has 0 spiro atoms. The number of phenols is 1. The van der Waals surface area contributed by atoms with Gasteiger partial charge in [-0.1, -0.05) is 50.2 Å². The predicted octanol–water partition coefficient (Wildman–Crippen LogP) is 5.20. The molecule has 2 aromatic rings. The molecule has 0 bridgehead atoms. The molecular formula is C23H34Cl2N2O2. The first-order chi connectivity index (χ1) is 13.1. The lowest BCUT2D eigenvalue weighted by molar-refractivity contribution is 0.157. The van der Waals surface area contributed by atoms with Gasteiger partial charge in [0.2, 0.25) is 0 Å². The summed E-state index contributed by atoms with van der Waals surface area (Å²) in [4.78, 5) is 2.50. The Morgan fingerprint density at radius 2 is 1.69 bits per heavy atom. The number of halogens is 2. The zero-order valence-electron chi connectivity index (χ0n) is 17.3. The largest absolute Gasteiger partial charge is 0.507 e. The Morgan fingerprint density at radius 3 is 2.31 bits per heavy atom. The van der Waals surface area contributed by atoms with Gasteiger partial charge in [-0.25, -0.2) is 0 Å². The van der Waals surface area contributed by atoms with E-state index in [1.807, 2.05) is 42.5 Å². The van der Waals surface area contributed by atoms with Crippen molar-refractivity contribution in [1.29, 1.82) is 0 Å². The maximum Gasteiger partial charge on any atom is 0.124 e. The number of hydrogen-bond donors (Lipinski definition) is 2. The SMILES string of the molecule is CC(C)CC[C@@H](c1ccc(OCc2ccccc2)cc1O)N1CCNCC1.Cl.Cl. The smallest absolute Gasteiger partial charge is 0.124 e. The maximum atomic E-state index is 10.7. The number of nitrogens with one attached hydrogen (secondary N) is 1. The van der Waals surface area contributed by atoms with E-state index in [0.717, 1.165) is 50.1 Å². The number of piperazine rings is 1. The third-order valence-electron chi connectivity index (χ3n) is 5.22. The van der Waals surface area contributed by atoms with E-state index in [1.54, 1.807) is 6.07 Å². The highest BCUT2D eigenvalue weighted by molar-refractivity contribution is 5.85. The minimum absolute atomic E-state index is 0. The second-order valence-electron chi connectivity index (χ2n) is 7.77. The molecule has 1 fully saturated rings. The summed E-state index contributed by atoms with van der Waals surface area (Å²) in [6.45, 7) is 9.09. The standard InChI is InChI=1S/C23H32N2O2.2ClH/c1-18(2)8-11-22(25-14-12-24-13-15-25)21-10-9-20(16-23(21)26)27-17-19-6-4-3-5-7-19;;/h3-7,9-10,16,18,22,24,26H,8,11-15,17H2,1-2H3;2*1H/t22-;;/m0../s1. The van der Waals surface area contributed by atoms with Gasteiger partial charge in [-0.2, -0.15) is 0 Å². The zero-order chi connectivity index (χ0) is 19.1. The van der Waals surface area contributed by atoms with Gasteiger partial charge in [0.25, 0.3) is 0 Å². The summed E-state index contributed by atoms with van der Waals surface area (Å²) in [6, 6.07) is 16.2. The van der Waals surface area contributed by atoms with Crippen molar-refractivity contribution in [1.82, 2.24) is 10.2 Å². The summed E-state index contributed by atoms with van der Waals surface area (Å²) in [5.41, 5.74) is 2.14. The van der Waals surface area contributed by atoms with Crippen LogP contribution in [0.2, 0.25) is 0 Å². The van der Waals surface area contributed by atoms with Gasteiger partial charge in [-0.05, 0) is 30.4 Å². The van der Waals surface area contributed by atoms with Crippen molar-refractivity contribution >= 4 is 24.8 Å². The fourth-order valence-electron chi connectivity index (χ4n) is 3.66. The molecule has 3 rings (SSSR count). The lowest BCUT2D eigenvalue weighted by Crippen LogP contribution is -2.45. The van der Waals surface area contributed by atoms with E-state index in [1.165, 1.54) is 0 Å². The van der Waals surface area contributed by atoms with Crippen molar-refractivity contribution < 1.29 is 9.84 Å². The van der Waals surface area contributed by atoms with Crippen LogP contribution in [0.25, 0.3) is 0 Å². The quantitative estimate of drug-likeness (QED) is 0.591. The molecular weight excluding hydrogens is 407 g/mol. The van der Waals surface area contributed by atoms with Gasteiger partial charge in [0.15, 0.2) is 0 Å². The van der Waals surface area contributed by atoms with Crippen LogP contribution in [0.4, 0.5) is 0 Å². The van der Waals surface area contributed by atoms with Gasteiger partial charge in [-0.3, -0.25) is 4.90 Å². The monoisotopic (exact) mass is 440 g/mol. The first-order valence-corrected chi connectivity index (χ1v) is 10.1. The van der Waals surface area contributed by atoms with Gasteiger partial charge in [0.1, 0.15) is 18.1 Å². The summed E-state index contributed by atoms with van der Waals surface area (Å²) in [7, 11) is 0. The van der Waals surface area contributed by atoms with E-state index in [2.05, 4.69) is 24.1 Å². The average molecular weight is 441 g/mol. The number of benzene rings is 2. The average Bonchev–Trinajstić information content (AvgIpc) is 2.69. The number of ether oxygens (including phenoxy) is 1. The zero-order valence-corrected chi connectivity index (χ0v) is 19.0. The van der Waals surface area contributed by atoms with Crippen LogP contribution in [-0.4, -0.2) is 36.2 Å². The molecule has 1 aliphatic heterocycles. The molecule has 6 heteroatoms. The van der Waals surface area contributed by atoms with Gasteiger partial charge >= 0.3 is 0 Å². The van der Waals surface area contributed by atoms with E-state index in [0.29, 0.717) is 24.0 Å². The molecule has 0 saturated carbocycles. The summed E-state index contributed by atoms with van der Waals surface area (Å²) >= 11 is 0. The van der Waals surface area contributed by atoms with Crippen LogP contribution in [-0.2, 0) is 6.61 Å². The molecule has 0 amide bonds. The predicted molar refractivity (Wildman–Crippen MR) is 125 cm³/mol. The van der Waals surface area contributed by atoms with E-state index in [9.17, 15) is 5.11 Å². The fraction of sp³-hybridized carbons (Fsp3) is 0.478. The molecule has 0 aliphatic carbocycles. The van der Waals surface area contributed by atoms with Crippen LogP contribution in [0, 0.1) is 5.92 Å². The molecule has 2 aromatic carbocycles. The van der Waals surface area contributed by atoms with Crippen LogP contribution in [0.5, 0.6) is 11.5 Å². The Bertz CT molecular complexity index is 707. The van der Waals surface area contributed by atoms with Crippen LogP contribution in [0.15, 0.2) is 48.5 Å². The highest BCUT2D eigenvalue weighted by Crippen LogP contribution is 2.35. The van der Waals surface area contributed by atoms with Crippen molar-refractivity contribution in [2.24, 2.45) is 5.92 Å². The minimum Gasteiger partial charge on any atom is -0.507 e. The molecule has 2 N–H and O–H groups in total. The lowest BCUT2D eigenvalue weighted by Gasteiger charge is -2.36. The number of rotatable bonds is 8. The Hall–Kier alpha value is -1.46. The normalized spacial score (nSPS) is 15.3. The van der Waals surface area contributed by atoms with Crippen molar-refractivity contribution in [3.63, 3.8) is 0 Å². The first kappa shape index (κ1) is 25.6. The summed E-state index contributed by atoms with van der Waals surface area (Å²) in [5, 5.41) is 14.2. The molecule has 0 aromatic heterocycles. The Morgan fingerprint density at radius 1 is 1.00 bits per heavy atom. The number of phenolic OH excluding ortho intramolecular Hbond substituents is 1. The Kier molecular flexibility index (Phi) is 11.4. The van der Waals surface area contributed by atoms with Crippen molar-refractivity contribution in [2.45, 2.75) is 39.3 Å². The Balaban J connectivity index is 0.00000210. The molecule has 1 heterocycles. The Labute approximate surface area is 187 Å². The molecule has 29 heavy (non-hydrogen) atoms. The van der Waals surface area contributed by atoms with Gasteiger partial charge in [0, 0.05) is 43.9 Å². The summed E-state index contributed by atoms with van der Waals surface area (Å²) in [5.74, 6) is 1.71. The first-order valence-electron chi connectivity index (χ1n) is 10.1.